The molecule has 0 aliphatic heterocycles. The Bertz CT molecular complexity index is 1050. The Morgan fingerprint density at radius 2 is 2.00 bits per heavy atom. The Labute approximate surface area is 143 Å². The molecule has 0 saturated heterocycles. The second kappa shape index (κ2) is 5.73. The van der Waals surface area contributed by atoms with E-state index in [2.05, 4.69) is 29.2 Å². The van der Waals surface area contributed by atoms with Crippen molar-refractivity contribution in [3.05, 3.63) is 34.5 Å². The summed E-state index contributed by atoms with van der Waals surface area (Å²) in [5, 5.41) is 11.3. The molecule has 24 heavy (non-hydrogen) atoms. The Morgan fingerprint density at radius 1 is 1.17 bits per heavy atom. The lowest BCUT2D eigenvalue weighted by Crippen LogP contribution is -2.12. The van der Waals surface area contributed by atoms with Crippen LogP contribution in [0.3, 0.4) is 0 Å². The van der Waals surface area contributed by atoms with Crippen molar-refractivity contribution in [2.24, 2.45) is 0 Å². The maximum absolute atomic E-state index is 12.3. The highest BCUT2D eigenvalue weighted by Crippen LogP contribution is 2.29. The number of rotatable bonds is 3. The summed E-state index contributed by atoms with van der Waals surface area (Å²) in [5.74, 6) is -0.00939. The first kappa shape index (κ1) is 14.8. The topological polar surface area (TPSA) is 107 Å². The molecule has 0 saturated carbocycles. The van der Waals surface area contributed by atoms with Crippen LogP contribution < -0.4 is 5.32 Å². The van der Waals surface area contributed by atoms with E-state index in [0.717, 1.165) is 32.8 Å². The number of hydrogen-bond acceptors (Lipinski definition) is 9. The number of thiazole rings is 1. The van der Waals surface area contributed by atoms with Gasteiger partial charge in [0.1, 0.15) is 15.9 Å². The third kappa shape index (κ3) is 2.65. The number of carbonyl (C=O) groups is 1. The van der Waals surface area contributed by atoms with Crippen molar-refractivity contribution in [2.45, 2.75) is 13.8 Å². The van der Waals surface area contributed by atoms with E-state index in [1.165, 1.54) is 11.3 Å². The average molecular weight is 358 g/mol. The number of aryl methyl sites for hydroxylation is 2. The molecule has 0 spiro atoms. The largest absolute Gasteiger partial charge is 0.402 e. The molecule has 8 nitrogen and oxygen atoms in total. The fourth-order valence-electron chi connectivity index (χ4n) is 2.19. The Morgan fingerprint density at radius 3 is 2.79 bits per heavy atom. The van der Waals surface area contributed by atoms with Gasteiger partial charge in [0.15, 0.2) is 0 Å². The van der Waals surface area contributed by atoms with Gasteiger partial charge in [-0.2, -0.15) is 8.75 Å². The van der Waals surface area contributed by atoms with E-state index in [4.69, 9.17) is 4.42 Å². The summed E-state index contributed by atoms with van der Waals surface area (Å²) in [5.41, 5.74) is 2.70. The fraction of sp³-hybridized carbons (Fsp3) is 0.143. The van der Waals surface area contributed by atoms with Crippen molar-refractivity contribution in [3.63, 3.8) is 0 Å². The molecule has 0 bridgehead atoms. The maximum atomic E-state index is 12.3. The molecule has 1 aromatic carbocycles. The molecule has 4 aromatic rings. The molecule has 4 rings (SSSR count). The van der Waals surface area contributed by atoms with Crippen LogP contribution in [0.25, 0.3) is 21.8 Å². The first-order chi connectivity index (χ1) is 11.6. The lowest BCUT2D eigenvalue weighted by Gasteiger charge is -1.99. The highest BCUT2D eigenvalue weighted by atomic mass is 32.1. The number of nitrogens with zero attached hydrogens (tertiary/aromatic N) is 5. The van der Waals surface area contributed by atoms with Crippen LogP contribution in [0.5, 0.6) is 0 Å². The van der Waals surface area contributed by atoms with E-state index < -0.39 is 0 Å². The number of fused-ring (bicyclic) bond motifs is 1. The van der Waals surface area contributed by atoms with Gasteiger partial charge in [0.2, 0.25) is 0 Å². The lowest BCUT2D eigenvalue weighted by atomic mass is 10.2. The second-order valence-electron chi connectivity index (χ2n) is 4.98. The monoisotopic (exact) mass is 358 g/mol. The minimum atomic E-state index is -0.350. The SMILES string of the molecule is Cc1nc(C)c(-c2nnc(NC(=O)c3ccc4nsnc4c3)o2)s1. The Kier molecular flexibility index (Phi) is 3.54. The summed E-state index contributed by atoms with van der Waals surface area (Å²) < 4.78 is 13.7. The van der Waals surface area contributed by atoms with Crippen LogP contribution >= 0.6 is 23.1 Å². The van der Waals surface area contributed by atoms with E-state index >= 15 is 0 Å². The molecule has 0 aliphatic rings. The minimum absolute atomic E-state index is 0.0388. The number of carbonyl (C=O) groups excluding carboxylic acids is 1. The van der Waals surface area contributed by atoms with Crippen molar-refractivity contribution >= 4 is 46.0 Å². The second-order valence-corrected chi connectivity index (χ2v) is 6.71. The van der Waals surface area contributed by atoms with Crippen LogP contribution in [0, 0.1) is 13.8 Å². The zero-order valence-electron chi connectivity index (χ0n) is 12.6. The molecule has 0 aliphatic carbocycles. The number of hydrogen-bond donors (Lipinski definition) is 1. The molecule has 10 heteroatoms. The molecular formula is C14H10N6O2S2. The van der Waals surface area contributed by atoms with Crippen molar-refractivity contribution < 1.29 is 9.21 Å². The van der Waals surface area contributed by atoms with Crippen LogP contribution in [-0.4, -0.2) is 29.8 Å². The quantitative estimate of drug-likeness (QED) is 0.600. The number of benzene rings is 1. The summed E-state index contributed by atoms with van der Waals surface area (Å²) in [6.45, 7) is 3.78. The van der Waals surface area contributed by atoms with E-state index in [0.29, 0.717) is 17.0 Å². The van der Waals surface area contributed by atoms with E-state index in [-0.39, 0.29) is 11.9 Å². The molecule has 0 unspecified atom stereocenters. The number of nitrogens with one attached hydrogen (secondary N) is 1. The number of anilines is 1. The third-order valence-corrected chi connectivity index (χ3v) is 4.88. The number of aromatic nitrogens is 5. The van der Waals surface area contributed by atoms with Gasteiger partial charge in [-0.25, -0.2) is 4.98 Å². The predicted molar refractivity (Wildman–Crippen MR) is 90.2 cm³/mol. The van der Waals surface area contributed by atoms with Crippen LogP contribution in [0.15, 0.2) is 22.6 Å². The van der Waals surface area contributed by atoms with Gasteiger partial charge in [0.05, 0.1) is 22.4 Å². The first-order valence-electron chi connectivity index (χ1n) is 6.92. The van der Waals surface area contributed by atoms with Crippen LogP contribution in [-0.2, 0) is 0 Å². The standard InChI is InChI=1S/C14H10N6O2S2/c1-6-11(23-7(2)15-6)13-17-18-14(22-13)16-12(21)8-3-4-9-10(5-8)20-24-19-9/h3-5H,1-2H3,(H,16,18,21). The van der Waals surface area contributed by atoms with Crippen LogP contribution in [0.2, 0.25) is 0 Å². The van der Waals surface area contributed by atoms with Gasteiger partial charge in [-0.1, -0.05) is 5.10 Å². The third-order valence-electron chi connectivity index (χ3n) is 3.26. The smallest absolute Gasteiger partial charge is 0.322 e. The highest BCUT2D eigenvalue weighted by Gasteiger charge is 2.17. The van der Waals surface area contributed by atoms with Crippen LogP contribution in [0.4, 0.5) is 6.01 Å². The first-order valence-corrected chi connectivity index (χ1v) is 8.46. The summed E-state index contributed by atoms with van der Waals surface area (Å²) >= 11 is 2.57. The Hall–Kier alpha value is -2.72. The molecule has 3 aromatic heterocycles. The summed E-state index contributed by atoms with van der Waals surface area (Å²) in [7, 11) is 0. The normalized spacial score (nSPS) is 11.1. The Balaban J connectivity index is 1.57. The predicted octanol–water partition coefficient (Wildman–Crippen LogP) is 3.07. The van der Waals surface area contributed by atoms with E-state index in [1.54, 1.807) is 18.2 Å². The summed E-state index contributed by atoms with van der Waals surface area (Å²) in [6.07, 6.45) is 0. The molecule has 1 N–H and O–H groups in total. The molecule has 1 amide bonds. The van der Waals surface area contributed by atoms with Gasteiger partial charge in [0.25, 0.3) is 11.8 Å². The summed E-state index contributed by atoms with van der Waals surface area (Å²) in [6, 6.07) is 5.13. The molecule has 0 radical (unpaired) electrons. The highest BCUT2D eigenvalue weighted by molar-refractivity contribution is 7.15. The zero-order chi connectivity index (χ0) is 16.7. The zero-order valence-corrected chi connectivity index (χ0v) is 14.2. The van der Waals surface area contributed by atoms with E-state index in [9.17, 15) is 4.79 Å². The molecule has 3 heterocycles. The van der Waals surface area contributed by atoms with Gasteiger partial charge >= 0.3 is 6.01 Å². The molecule has 0 atom stereocenters. The average Bonchev–Trinajstić information content (AvgIpc) is 3.26. The molecular weight excluding hydrogens is 348 g/mol. The van der Waals surface area contributed by atoms with Crippen molar-refractivity contribution in [1.29, 1.82) is 0 Å². The lowest BCUT2D eigenvalue weighted by molar-refractivity contribution is 0.102. The van der Waals surface area contributed by atoms with Gasteiger partial charge in [-0.15, -0.1) is 16.4 Å². The maximum Gasteiger partial charge on any atom is 0.322 e. The van der Waals surface area contributed by atoms with Gasteiger partial charge in [-0.05, 0) is 32.0 Å². The van der Waals surface area contributed by atoms with Crippen LogP contribution in [0.1, 0.15) is 21.1 Å². The molecule has 120 valence electrons. The molecule has 0 fully saturated rings. The fourth-order valence-corrected chi connectivity index (χ4v) is 3.55. The number of amides is 1. The van der Waals surface area contributed by atoms with Crippen molar-refractivity contribution in [1.82, 2.24) is 23.9 Å². The minimum Gasteiger partial charge on any atom is -0.402 e. The van der Waals surface area contributed by atoms with Gasteiger partial charge < -0.3 is 4.42 Å². The van der Waals surface area contributed by atoms with Gasteiger partial charge in [0, 0.05) is 5.56 Å². The van der Waals surface area contributed by atoms with E-state index in [1.807, 2.05) is 13.8 Å². The summed E-state index contributed by atoms with van der Waals surface area (Å²) in [4.78, 5) is 17.4. The van der Waals surface area contributed by atoms with Crippen molar-refractivity contribution in [3.8, 4) is 10.8 Å². The van der Waals surface area contributed by atoms with Gasteiger partial charge in [-0.3, -0.25) is 10.1 Å². The van der Waals surface area contributed by atoms with Crippen molar-refractivity contribution in [2.75, 3.05) is 5.32 Å².